The molecule has 0 saturated carbocycles. The first-order valence-electron chi connectivity index (χ1n) is 9.19. The van der Waals surface area contributed by atoms with Gasteiger partial charge in [0.15, 0.2) is 5.82 Å². The molecule has 0 N–H and O–H groups in total. The Balaban J connectivity index is 1.26. The minimum Gasteiger partial charge on any atom is -0.486 e. The molecule has 1 aromatic carbocycles. The molecule has 1 amide bonds. The maximum atomic E-state index is 12.6. The summed E-state index contributed by atoms with van der Waals surface area (Å²) in [6.45, 7) is 3.31. The van der Waals surface area contributed by atoms with Gasteiger partial charge < -0.3 is 14.5 Å². The smallest absolute Gasteiger partial charge is 0.228 e. The third-order valence-electron chi connectivity index (χ3n) is 4.55. The van der Waals surface area contributed by atoms with Crippen LogP contribution in [0.15, 0.2) is 54.0 Å². The van der Waals surface area contributed by atoms with Crippen LogP contribution in [-0.4, -0.2) is 52.2 Å². The topological polar surface area (TPSA) is 71.5 Å². The van der Waals surface area contributed by atoms with Crippen LogP contribution in [0, 0.1) is 0 Å². The maximum Gasteiger partial charge on any atom is 0.228 e. The van der Waals surface area contributed by atoms with Crippen molar-refractivity contribution in [3.8, 4) is 5.75 Å². The Kier molecular flexibility index (Phi) is 5.77. The normalized spacial score (nSPS) is 14.1. The lowest BCUT2D eigenvalue weighted by atomic mass is 10.2. The fourth-order valence-corrected chi connectivity index (χ4v) is 3.78. The van der Waals surface area contributed by atoms with Crippen LogP contribution in [0.3, 0.4) is 0 Å². The number of carbonyl (C=O) groups excluding carboxylic acids is 1. The van der Waals surface area contributed by atoms with Crippen LogP contribution in [-0.2, 0) is 17.8 Å². The van der Waals surface area contributed by atoms with Gasteiger partial charge in [0, 0.05) is 37.8 Å². The Morgan fingerprint density at radius 1 is 1.07 bits per heavy atom. The highest BCUT2D eigenvalue weighted by atomic mass is 32.1. The van der Waals surface area contributed by atoms with E-state index in [-0.39, 0.29) is 5.91 Å². The van der Waals surface area contributed by atoms with Crippen LogP contribution in [0.25, 0.3) is 0 Å². The zero-order chi connectivity index (χ0) is 19.2. The number of nitrogens with zero attached hydrogens (tertiary/aromatic N) is 5. The first kappa shape index (κ1) is 18.4. The summed E-state index contributed by atoms with van der Waals surface area (Å²) < 4.78 is 5.72. The van der Waals surface area contributed by atoms with Gasteiger partial charge >= 0.3 is 0 Å². The molecule has 8 heteroatoms. The van der Waals surface area contributed by atoms with Gasteiger partial charge in [0.05, 0.1) is 12.1 Å². The fraction of sp³-hybridized carbons (Fsp3) is 0.300. The van der Waals surface area contributed by atoms with Gasteiger partial charge in [-0.05, 0) is 24.3 Å². The quantitative estimate of drug-likeness (QED) is 0.638. The summed E-state index contributed by atoms with van der Waals surface area (Å²) in [5.74, 6) is 1.79. The van der Waals surface area contributed by atoms with Gasteiger partial charge in [0.25, 0.3) is 0 Å². The van der Waals surface area contributed by atoms with Crippen molar-refractivity contribution in [2.75, 3.05) is 31.1 Å². The molecule has 4 rings (SSSR count). The van der Waals surface area contributed by atoms with E-state index in [1.165, 1.54) is 11.3 Å². The fourth-order valence-electron chi connectivity index (χ4n) is 3.07. The number of thiazole rings is 1. The number of hydrogen-bond acceptors (Lipinski definition) is 7. The average Bonchev–Trinajstić information content (AvgIpc) is 3.21. The minimum atomic E-state index is 0.111. The number of benzene rings is 1. The summed E-state index contributed by atoms with van der Waals surface area (Å²) in [5, 5.41) is 10.9. The highest BCUT2D eigenvalue weighted by molar-refractivity contribution is 7.09. The molecule has 7 nitrogen and oxygen atoms in total. The van der Waals surface area contributed by atoms with Gasteiger partial charge in [-0.1, -0.05) is 18.2 Å². The Morgan fingerprint density at radius 3 is 2.64 bits per heavy atom. The van der Waals surface area contributed by atoms with E-state index in [1.54, 1.807) is 6.20 Å². The number of piperazine rings is 1. The molecule has 1 aliphatic rings. The monoisotopic (exact) mass is 395 g/mol. The van der Waals surface area contributed by atoms with E-state index in [9.17, 15) is 4.79 Å². The molecule has 3 heterocycles. The van der Waals surface area contributed by atoms with Gasteiger partial charge in [0.1, 0.15) is 17.4 Å². The van der Waals surface area contributed by atoms with Gasteiger partial charge in [-0.3, -0.25) is 4.79 Å². The molecule has 0 atom stereocenters. The summed E-state index contributed by atoms with van der Waals surface area (Å²) in [5.41, 5.74) is 0.804. The summed E-state index contributed by atoms with van der Waals surface area (Å²) in [7, 11) is 0. The molecule has 28 heavy (non-hydrogen) atoms. The maximum absolute atomic E-state index is 12.6. The summed E-state index contributed by atoms with van der Waals surface area (Å²) in [6, 6.07) is 13.5. The van der Waals surface area contributed by atoms with E-state index in [0.29, 0.717) is 26.1 Å². The molecule has 1 aliphatic heterocycles. The van der Waals surface area contributed by atoms with Crippen LogP contribution in [0.5, 0.6) is 5.75 Å². The van der Waals surface area contributed by atoms with Crippen molar-refractivity contribution in [1.82, 2.24) is 20.1 Å². The van der Waals surface area contributed by atoms with Crippen molar-refractivity contribution in [1.29, 1.82) is 0 Å². The number of hydrogen-bond donors (Lipinski definition) is 0. The average molecular weight is 395 g/mol. The molecule has 3 aromatic rings. The third kappa shape index (κ3) is 4.64. The van der Waals surface area contributed by atoms with Gasteiger partial charge in [-0.15, -0.1) is 16.4 Å². The number of ether oxygens (including phenoxy) is 1. The minimum absolute atomic E-state index is 0.111. The molecule has 0 aliphatic carbocycles. The molecule has 1 saturated heterocycles. The molecular weight excluding hydrogens is 374 g/mol. The number of carbonyl (C=O) groups is 1. The molecule has 0 radical (unpaired) electrons. The Morgan fingerprint density at radius 2 is 1.89 bits per heavy atom. The third-order valence-corrected chi connectivity index (χ3v) is 5.42. The summed E-state index contributed by atoms with van der Waals surface area (Å²) in [6.07, 6.45) is 1.99. The predicted octanol–water partition coefficient (Wildman–Crippen LogP) is 2.40. The molecule has 0 unspecified atom stereocenters. The van der Waals surface area contributed by atoms with Gasteiger partial charge in [-0.25, -0.2) is 4.98 Å². The van der Waals surface area contributed by atoms with Crippen LogP contribution >= 0.6 is 11.3 Å². The second-order valence-electron chi connectivity index (χ2n) is 6.46. The molecular formula is C20H21N5O2S. The first-order chi connectivity index (χ1) is 13.8. The molecule has 0 bridgehead atoms. The zero-order valence-corrected chi connectivity index (χ0v) is 16.2. The van der Waals surface area contributed by atoms with Crippen molar-refractivity contribution in [3.63, 3.8) is 0 Å². The van der Waals surface area contributed by atoms with Crippen molar-refractivity contribution in [3.05, 3.63) is 64.7 Å². The van der Waals surface area contributed by atoms with E-state index in [2.05, 4.69) is 20.1 Å². The first-order valence-corrected chi connectivity index (χ1v) is 10.1. The second-order valence-corrected chi connectivity index (χ2v) is 7.40. The molecule has 2 aromatic heterocycles. The van der Waals surface area contributed by atoms with Crippen LogP contribution in [0.1, 0.15) is 10.7 Å². The highest BCUT2D eigenvalue weighted by Gasteiger charge is 2.22. The summed E-state index contributed by atoms with van der Waals surface area (Å²) >= 11 is 1.52. The van der Waals surface area contributed by atoms with Crippen LogP contribution < -0.4 is 9.64 Å². The number of rotatable bonds is 6. The van der Waals surface area contributed by atoms with Gasteiger partial charge in [0.2, 0.25) is 5.91 Å². The van der Waals surface area contributed by atoms with Crippen molar-refractivity contribution in [2.45, 2.75) is 13.0 Å². The van der Waals surface area contributed by atoms with E-state index in [0.717, 1.165) is 35.4 Å². The molecule has 0 spiro atoms. The second kappa shape index (κ2) is 8.79. The number of aromatic nitrogens is 3. The van der Waals surface area contributed by atoms with Crippen LogP contribution in [0.4, 0.5) is 5.82 Å². The lowest BCUT2D eigenvalue weighted by Crippen LogP contribution is -2.49. The van der Waals surface area contributed by atoms with Crippen molar-refractivity contribution < 1.29 is 9.53 Å². The largest absolute Gasteiger partial charge is 0.486 e. The van der Waals surface area contributed by atoms with E-state index >= 15 is 0 Å². The van der Waals surface area contributed by atoms with Crippen molar-refractivity contribution >= 4 is 23.1 Å². The van der Waals surface area contributed by atoms with Gasteiger partial charge in [-0.2, -0.15) is 5.10 Å². The highest BCUT2D eigenvalue weighted by Crippen LogP contribution is 2.17. The number of para-hydroxylation sites is 1. The van der Waals surface area contributed by atoms with Crippen LogP contribution in [0.2, 0.25) is 0 Å². The standard InChI is InChI=1S/C20H21N5O2S/c26-20(25-11-9-24(10-12-25)18-7-4-8-21-23-18)13-16-15-28-19(22-16)14-27-17-5-2-1-3-6-17/h1-8,15H,9-14H2. The van der Waals surface area contributed by atoms with E-state index in [4.69, 9.17) is 4.74 Å². The molecule has 1 fully saturated rings. The molecule has 144 valence electrons. The Hall–Kier alpha value is -3.00. The van der Waals surface area contributed by atoms with Crippen molar-refractivity contribution in [2.24, 2.45) is 0 Å². The zero-order valence-electron chi connectivity index (χ0n) is 15.4. The van der Waals surface area contributed by atoms with E-state index < -0.39 is 0 Å². The Bertz CT molecular complexity index is 895. The Labute approximate surface area is 167 Å². The van der Waals surface area contributed by atoms with E-state index in [1.807, 2.05) is 52.7 Å². The summed E-state index contributed by atoms with van der Waals surface area (Å²) in [4.78, 5) is 21.2. The lowest BCUT2D eigenvalue weighted by Gasteiger charge is -2.35. The number of anilines is 1. The lowest BCUT2D eigenvalue weighted by molar-refractivity contribution is -0.130. The predicted molar refractivity (Wildman–Crippen MR) is 107 cm³/mol. The SMILES string of the molecule is O=C(Cc1csc(COc2ccccc2)n1)N1CCN(c2cccnn2)CC1. The number of amides is 1.